The molecule has 0 radical (unpaired) electrons. The molecule has 0 aliphatic carbocycles. The number of aliphatic hydroxyl groups excluding tert-OH is 2. The van der Waals surface area contributed by atoms with Gasteiger partial charge in [-0.1, -0.05) is 232 Å². The van der Waals surface area contributed by atoms with Gasteiger partial charge < -0.3 is 68.8 Å². The fourth-order valence-electron chi connectivity index (χ4n) is 12.0. The van der Waals surface area contributed by atoms with Gasteiger partial charge in [-0.05, 0) is 64.2 Å². The van der Waals surface area contributed by atoms with E-state index in [1.807, 2.05) is 0 Å². The minimum Gasteiger partial charge on any atom is -0.393 e. The van der Waals surface area contributed by atoms with Crippen LogP contribution in [0.3, 0.4) is 0 Å². The Hall–Kier alpha value is -1.75. The Bertz CT molecular complexity index is 1930. The molecule has 536 valence electrons. The van der Waals surface area contributed by atoms with E-state index in [4.69, 9.17) is 37.5 Å². The molecule has 0 spiro atoms. The molecule has 0 aromatic carbocycles. The van der Waals surface area contributed by atoms with Crippen molar-refractivity contribution in [2.75, 3.05) is 33.5 Å². The van der Waals surface area contributed by atoms with Gasteiger partial charge in [-0.25, -0.2) is 9.13 Å². The molecule has 0 aromatic heterocycles. The molecule has 2 rings (SSSR count). The van der Waals surface area contributed by atoms with Gasteiger partial charge in [0.15, 0.2) is 12.6 Å². The lowest BCUT2D eigenvalue weighted by atomic mass is 9.95. The lowest BCUT2D eigenvalue weighted by Gasteiger charge is -2.47. The monoisotopic (exact) mass is 1340 g/mol. The molecule has 2 fully saturated rings. The standard InChI is InChI=1S/C68H130N2O19P2/c1-6-10-14-18-21-24-26-27-28-29-30-32-35-39-43-49-59(73)69-62-66(84-51-45-48-55(71)46-41-37-17-13-9-4)64(88-90(76,77)78)58(53-82-5)87-67(62)85-54-57-63(75)65(83-50-44-40-36-33-25-22-19-15-11-7-2)61(68(86-57)89-91(79,80)81)70-60(74)52-56(72)47-42-38-34-31-23-20-16-12-8-3/h24,26,55,57-58,61-68,71,75H,6-23,25,27-54H2,1-5H3,(H,69,73)(H,70,74)(H2,76,77,78)(H2,79,80,81)/b26-24-. The first kappa shape index (κ1) is 85.3. The number of hydrogen-bond acceptors (Lipinski definition) is 15. The summed E-state index contributed by atoms with van der Waals surface area (Å²) in [6.45, 7) is 7.85. The lowest BCUT2D eigenvalue weighted by molar-refractivity contribution is -0.300. The summed E-state index contributed by atoms with van der Waals surface area (Å²) in [4.78, 5) is 82.1. The molecule has 21 nitrogen and oxygen atoms in total. The van der Waals surface area contributed by atoms with E-state index in [9.17, 15) is 53.3 Å². The smallest absolute Gasteiger partial charge is 0.393 e. The fourth-order valence-corrected chi connectivity index (χ4v) is 13.1. The van der Waals surface area contributed by atoms with Gasteiger partial charge in [0.25, 0.3) is 0 Å². The summed E-state index contributed by atoms with van der Waals surface area (Å²) in [6.07, 6.45) is 31.5. The third kappa shape index (κ3) is 43.2. The number of ketones is 1. The molecular weight excluding hydrogens is 1210 g/mol. The van der Waals surface area contributed by atoms with Crippen molar-refractivity contribution < 1.29 is 90.8 Å². The van der Waals surface area contributed by atoms with Crippen LogP contribution < -0.4 is 10.6 Å². The number of phosphoric acid groups is 2. The van der Waals surface area contributed by atoms with E-state index in [2.05, 4.69) is 50.5 Å². The number of amides is 2. The van der Waals surface area contributed by atoms with Gasteiger partial charge in [-0.15, -0.1) is 0 Å². The van der Waals surface area contributed by atoms with Crippen molar-refractivity contribution in [2.45, 2.75) is 371 Å². The van der Waals surface area contributed by atoms with Crippen molar-refractivity contribution in [1.82, 2.24) is 10.6 Å². The van der Waals surface area contributed by atoms with Crippen LogP contribution in [0.15, 0.2) is 12.2 Å². The van der Waals surface area contributed by atoms with E-state index >= 15 is 0 Å². The summed E-state index contributed by atoms with van der Waals surface area (Å²) in [7, 11) is -9.33. The maximum Gasteiger partial charge on any atom is 0.472 e. The molecular formula is C68H130N2O19P2. The van der Waals surface area contributed by atoms with Crippen LogP contribution in [0.25, 0.3) is 0 Å². The average Bonchev–Trinajstić information content (AvgIpc) is 0.823. The number of allylic oxidation sites excluding steroid dienone is 2. The Kier molecular flexibility index (Phi) is 50.9. The number of aliphatic hydroxyl groups is 2. The minimum absolute atomic E-state index is 0.0332. The number of nitrogens with one attached hydrogen (secondary N) is 2. The van der Waals surface area contributed by atoms with Crippen LogP contribution in [0.4, 0.5) is 0 Å². The second-order valence-corrected chi connectivity index (χ2v) is 28.1. The van der Waals surface area contributed by atoms with Crippen molar-refractivity contribution in [2.24, 2.45) is 0 Å². The highest BCUT2D eigenvalue weighted by Gasteiger charge is 2.53. The second-order valence-electron chi connectivity index (χ2n) is 25.7. The van der Waals surface area contributed by atoms with E-state index in [1.165, 1.54) is 84.2 Å². The van der Waals surface area contributed by atoms with Crippen molar-refractivity contribution in [3.63, 3.8) is 0 Å². The Labute approximate surface area is 549 Å². The van der Waals surface area contributed by atoms with Crippen LogP contribution in [0.5, 0.6) is 0 Å². The minimum atomic E-state index is -5.40. The van der Waals surface area contributed by atoms with Crippen LogP contribution in [-0.4, -0.2) is 148 Å². The molecule has 0 aromatic rings. The van der Waals surface area contributed by atoms with E-state index in [1.54, 1.807) is 0 Å². The zero-order valence-electron chi connectivity index (χ0n) is 57.1. The Morgan fingerprint density at radius 3 is 1.41 bits per heavy atom. The quantitative estimate of drug-likeness (QED) is 0.0121. The largest absolute Gasteiger partial charge is 0.472 e. The first-order chi connectivity index (χ1) is 43.9. The third-order valence-electron chi connectivity index (χ3n) is 17.3. The van der Waals surface area contributed by atoms with Crippen LogP contribution >= 0.6 is 15.6 Å². The van der Waals surface area contributed by atoms with Gasteiger partial charge in [0.05, 0.1) is 25.7 Å². The highest BCUT2D eigenvalue weighted by atomic mass is 31.2. The molecule has 91 heavy (non-hydrogen) atoms. The third-order valence-corrected chi connectivity index (χ3v) is 18.3. The zero-order chi connectivity index (χ0) is 66.8. The first-order valence-electron chi connectivity index (χ1n) is 36.1. The molecule has 11 unspecified atom stereocenters. The Morgan fingerprint density at radius 2 is 0.879 bits per heavy atom. The number of unbranched alkanes of at least 4 members (excludes halogenated alkanes) is 32. The van der Waals surface area contributed by atoms with Crippen LogP contribution in [0.1, 0.15) is 304 Å². The molecule has 0 saturated carbocycles. The lowest BCUT2D eigenvalue weighted by Crippen LogP contribution is -2.67. The van der Waals surface area contributed by atoms with Gasteiger partial charge in [-0.2, -0.15) is 0 Å². The number of Topliss-reactive ketones (excluding diaryl/α,β-unsaturated/α-hetero) is 1. The van der Waals surface area contributed by atoms with Gasteiger partial charge in [0.2, 0.25) is 11.8 Å². The normalized spacial score (nSPS) is 22.6. The average molecular weight is 1340 g/mol. The second kappa shape index (κ2) is 54.3. The Morgan fingerprint density at radius 1 is 0.462 bits per heavy atom. The molecule has 0 bridgehead atoms. The van der Waals surface area contributed by atoms with Crippen LogP contribution in [0, 0.1) is 0 Å². The van der Waals surface area contributed by atoms with Gasteiger partial charge in [0.1, 0.15) is 54.5 Å². The Balaban J connectivity index is 2.43. The highest BCUT2D eigenvalue weighted by molar-refractivity contribution is 7.46. The van der Waals surface area contributed by atoms with Crippen molar-refractivity contribution in [1.29, 1.82) is 0 Å². The predicted molar refractivity (Wildman–Crippen MR) is 356 cm³/mol. The zero-order valence-corrected chi connectivity index (χ0v) is 58.9. The molecule has 2 heterocycles. The molecule has 23 heteroatoms. The molecule has 2 aliphatic heterocycles. The summed E-state index contributed by atoms with van der Waals surface area (Å²) in [5, 5.41) is 28.8. The van der Waals surface area contributed by atoms with Crippen molar-refractivity contribution >= 4 is 33.2 Å². The van der Waals surface area contributed by atoms with E-state index in [0.717, 1.165) is 141 Å². The maximum atomic E-state index is 14.1. The first-order valence-corrected chi connectivity index (χ1v) is 39.2. The van der Waals surface area contributed by atoms with Crippen molar-refractivity contribution in [3.05, 3.63) is 12.2 Å². The summed E-state index contributed by atoms with van der Waals surface area (Å²) >= 11 is 0. The molecule has 2 aliphatic rings. The number of carbonyl (C=O) groups excluding carboxylic acids is 3. The predicted octanol–water partition coefficient (Wildman–Crippen LogP) is 14.1. The fraction of sp³-hybridized carbons (Fsp3) is 0.926. The van der Waals surface area contributed by atoms with Crippen LogP contribution in [0.2, 0.25) is 0 Å². The number of methoxy groups -OCH3 is 1. The number of ether oxygens (including phenoxy) is 6. The molecule has 8 N–H and O–H groups in total. The van der Waals surface area contributed by atoms with E-state index < -0.39 is 108 Å². The number of phosphoric ester groups is 2. The SMILES string of the molecule is CCCCCC/C=C\CCCCCCCCCC(=O)NC1C(OCC2OC(OP(=O)(O)O)C(NC(=O)CC(=O)CCCCCCCCCCC)C(OCCCCCCCCCCCC)C2O)OC(COC)C(OP(=O)(O)O)C1OCCCC(O)CCCCCCC. The summed E-state index contributed by atoms with van der Waals surface area (Å²) in [5.74, 6) is -1.54. The number of rotatable bonds is 61. The topological polar surface area (TPSA) is 305 Å². The van der Waals surface area contributed by atoms with E-state index in [-0.39, 0.29) is 38.4 Å². The maximum absolute atomic E-state index is 14.1. The number of carbonyl (C=O) groups is 3. The van der Waals surface area contributed by atoms with E-state index in [0.29, 0.717) is 38.5 Å². The summed E-state index contributed by atoms with van der Waals surface area (Å²) in [5.41, 5.74) is 0. The van der Waals surface area contributed by atoms with Gasteiger partial charge in [-0.3, -0.25) is 23.4 Å². The highest BCUT2D eigenvalue weighted by Crippen LogP contribution is 2.44. The summed E-state index contributed by atoms with van der Waals surface area (Å²) in [6, 6.07) is -2.86. The van der Waals surface area contributed by atoms with Crippen LogP contribution in [-0.2, 0) is 61.0 Å². The molecule has 2 amide bonds. The number of hydrogen-bond donors (Lipinski definition) is 8. The van der Waals surface area contributed by atoms with Crippen molar-refractivity contribution in [3.8, 4) is 0 Å². The van der Waals surface area contributed by atoms with Gasteiger partial charge in [0, 0.05) is 33.2 Å². The molecule has 2 saturated heterocycles. The van der Waals surface area contributed by atoms with Gasteiger partial charge >= 0.3 is 15.6 Å². The summed E-state index contributed by atoms with van der Waals surface area (Å²) < 4.78 is 73.3. The molecule has 11 atom stereocenters.